The van der Waals surface area contributed by atoms with Crippen LogP contribution in [0.2, 0.25) is 0 Å². The molecule has 1 aromatic heterocycles. The Balaban J connectivity index is 1.90. The number of nitrogens with one attached hydrogen (secondary N) is 1. The van der Waals surface area contributed by atoms with Crippen LogP contribution in [0.5, 0.6) is 5.75 Å². The maximum Gasteiger partial charge on any atom is 0.136 e. The normalized spacial score (nSPS) is 11.8. The first-order chi connectivity index (χ1) is 9.74. The largest absolute Gasteiger partial charge is 0.495 e. The summed E-state index contributed by atoms with van der Waals surface area (Å²) in [5.74, 6) is 1.01. The summed E-state index contributed by atoms with van der Waals surface area (Å²) in [6.45, 7) is 3.75. The Morgan fingerprint density at radius 1 is 1.50 bits per heavy atom. The van der Waals surface area contributed by atoms with Crippen molar-refractivity contribution < 1.29 is 4.74 Å². The molecular formula is C15H17N3OS. The molecule has 0 aliphatic rings. The van der Waals surface area contributed by atoms with Gasteiger partial charge < -0.3 is 10.1 Å². The van der Waals surface area contributed by atoms with Gasteiger partial charge in [0.2, 0.25) is 0 Å². The Kier molecular flexibility index (Phi) is 5.10. The van der Waals surface area contributed by atoms with Crippen molar-refractivity contribution in [3.63, 3.8) is 0 Å². The van der Waals surface area contributed by atoms with E-state index in [9.17, 15) is 0 Å². The van der Waals surface area contributed by atoms with Gasteiger partial charge >= 0.3 is 0 Å². The summed E-state index contributed by atoms with van der Waals surface area (Å²) < 4.78 is 5.13. The number of hydrogen-bond donors (Lipinski definition) is 1. The summed E-state index contributed by atoms with van der Waals surface area (Å²) >= 11 is 1.68. The van der Waals surface area contributed by atoms with E-state index in [0.29, 0.717) is 17.2 Å². The molecular weight excluding hydrogens is 270 g/mol. The maximum atomic E-state index is 9.06. The van der Waals surface area contributed by atoms with E-state index in [-0.39, 0.29) is 0 Å². The second-order valence-electron chi connectivity index (χ2n) is 4.55. The van der Waals surface area contributed by atoms with Crippen LogP contribution in [0.1, 0.15) is 29.0 Å². The molecule has 0 spiro atoms. The van der Waals surface area contributed by atoms with E-state index in [1.54, 1.807) is 18.4 Å². The first kappa shape index (κ1) is 14.5. The molecule has 104 valence electrons. The van der Waals surface area contributed by atoms with Gasteiger partial charge in [0.05, 0.1) is 17.7 Å². The molecule has 4 nitrogen and oxygen atoms in total. The Morgan fingerprint density at radius 2 is 2.35 bits per heavy atom. The van der Waals surface area contributed by atoms with Crippen LogP contribution in [0.15, 0.2) is 29.8 Å². The van der Waals surface area contributed by atoms with Crippen LogP contribution in [-0.4, -0.2) is 18.6 Å². The number of benzene rings is 1. The summed E-state index contributed by atoms with van der Waals surface area (Å²) in [4.78, 5) is 4.31. The molecule has 0 saturated heterocycles. The standard InChI is InChI=1S/C15H17N3OS/c1-11(15-18-5-6-20-15)9-17-10-12-3-4-14(19-2)13(7-12)8-16/h3-7,11,17H,9-10H2,1-2H3. The van der Waals surface area contributed by atoms with Crippen LogP contribution in [-0.2, 0) is 6.54 Å². The van der Waals surface area contributed by atoms with E-state index >= 15 is 0 Å². The molecule has 2 aromatic rings. The van der Waals surface area contributed by atoms with Crippen molar-refractivity contribution in [2.75, 3.05) is 13.7 Å². The lowest BCUT2D eigenvalue weighted by Gasteiger charge is -2.11. The molecule has 1 N–H and O–H groups in total. The van der Waals surface area contributed by atoms with Gasteiger partial charge in [-0.15, -0.1) is 11.3 Å². The lowest BCUT2D eigenvalue weighted by atomic mass is 10.1. The molecule has 0 aliphatic carbocycles. The highest BCUT2D eigenvalue weighted by Crippen LogP contribution is 2.19. The van der Waals surface area contributed by atoms with Crippen LogP contribution >= 0.6 is 11.3 Å². The van der Waals surface area contributed by atoms with Gasteiger partial charge in [0.25, 0.3) is 0 Å². The highest BCUT2D eigenvalue weighted by Gasteiger charge is 2.08. The highest BCUT2D eigenvalue weighted by atomic mass is 32.1. The van der Waals surface area contributed by atoms with Crippen molar-refractivity contribution >= 4 is 11.3 Å². The average molecular weight is 287 g/mol. The highest BCUT2D eigenvalue weighted by molar-refractivity contribution is 7.09. The number of aromatic nitrogens is 1. The fourth-order valence-corrected chi connectivity index (χ4v) is 2.65. The van der Waals surface area contributed by atoms with Crippen LogP contribution in [0.25, 0.3) is 0 Å². The van der Waals surface area contributed by atoms with E-state index in [4.69, 9.17) is 10.00 Å². The van der Waals surface area contributed by atoms with Gasteiger partial charge in [-0.2, -0.15) is 5.26 Å². The minimum absolute atomic E-state index is 0.392. The third-order valence-electron chi connectivity index (χ3n) is 3.04. The number of nitrogens with zero attached hydrogens (tertiary/aromatic N) is 2. The van der Waals surface area contributed by atoms with Crippen LogP contribution in [0.3, 0.4) is 0 Å². The van der Waals surface area contributed by atoms with Gasteiger partial charge in [-0.3, -0.25) is 0 Å². The zero-order chi connectivity index (χ0) is 14.4. The molecule has 0 bridgehead atoms. The van der Waals surface area contributed by atoms with Crippen LogP contribution in [0, 0.1) is 11.3 Å². The topological polar surface area (TPSA) is 57.9 Å². The SMILES string of the molecule is COc1ccc(CNCC(C)c2nccs2)cc1C#N. The summed E-state index contributed by atoms with van der Waals surface area (Å²) in [5.41, 5.74) is 1.65. The number of rotatable bonds is 6. The Morgan fingerprint density at radius 3 is 3.00 bits per heavy atom. The smallest absolute Gasteiger partial charge is 0.136 e. The molecule has 0 amide bonds. The zero-order valence-electron chi connectivity index (χ0n) is 11.6. The number of methoxy groups -OCH3 is 1. The number of nitriles is 1. The molecule has 0 saturated carbocycles. The number of hydrogen-bond acceptors (Lipinski definition) is 5. The Hall–Kier alpha value is -1.90. The quantitative estimate of drug-likeness (QED) is 0.887. The number of thiazole rings is 1. The first-order valence-corrected chi connectivity index (χ1v) is 7.29. The van der Waals surface area contributed by atoms with Crippen molar-refractivity contribution in [3.8, 4) is 11.8 Å². The predicted octanol–water partition coefficient (Wildman–Crippen LogP) is 2.92. The molecule has 0 aliphatic heterocycles. The molecule has 0 fully saturated rings. The van der Waals surface area contributed by atoms with E-state index in [2.05, 4.69) is 23.3 Å². The molecule has 5 heteroatoms. The fourth-order valence-electron chi connectivity index (χ4n) is 1.95. The van der Waals surface area contributed by atoms with E-state index in [1.165, 1.54) is 0 Å². The van der Waals surface area contributed by atoms with Gasteiger partial charge in [-0.25, -0.2) is 4.98 Å². The van der Waals surface area contributed by atoms with Gasteiger partial charge in [0, 0.05) is 30.6 Å². The minimum Gasteiger partial charge on any atom is -0.495 e. The Labute approximate surface area is 123 Å². The summed E-state index contributed by atoms with van der Waals surface area (Å²) in [7, 11) is 1.57. The molecule has 1 unspecified atom stereocenters. The fraction of sp³-hybridized carbons (Fsp3) is 0.333. The summed E-state index contributed by atoms with van der Waals surface area (Å²) in [5, 5.41) is 15.6. The summed E-state index contributed by atoms with van der Waals surface area (Å²) in [6, 6.07) is 7.81. The third-order valence-corrected chi connectivity index (χ3v) is 4.04. The lowest BCUT2D eigenvalue weighted by Crippen LogP contribution is -2.19. The summed E-state index contributed by atoms with van der Waals surface area (Å²) in [6.07, 6.45) is 1.83. The van der Waals surface area contributed by atoms with Crippen molar-refractivity contribution in [2.24, 2.45) is 0 Å². The molecule has 1 aromatic carbocycles. The van der Waals surface area contributed by atoms with Gasteiger partial charge in [-0.1, -0.05) is 13.0 Å². The second-order valence-corrected chi connectivity index (χ2v) is 5.47. The minimum atomic E-state index is 0.392. The van der Waals surface area contributed by atoms with Gasteiger partial charge in [0.1, 0.15) is 11.8 Å². The zero-order valence-corrected chi connectivity index (χ0v) is 12.4. The van der Waals surface area contributed by atoms with Crippen LogP contribution in [0.4, 0.5) is 0 Å². The lowest BCUT2D eigenvalue weighted by molar-refractivity contribution is 0.413. The van der Waals surface area contributed by atoms with Gasteiger partial charge in [-0.05, 0) is 17.7 Å². The van der Waals surface area contributed by atoms with E-state index in [1.807, 2.05) is 29.8 Å². The van der Waals surface area contributed by atoms with Gasteiger partial charge in [0.15, 0.2) is 0 Å². The molecule has 1 atom stereocenters. The van der Waals surface area contributed by atoms with Crippen LogP contribution < -0.4 is 10.1 Å². The first-order valence-electron chi connectivity index (χ1n) is 6.41. The second kappa shape index (κ2) is 7.04. The van der Waals surface area contributed by atoms with E-state index in [0.717, 1.165) is 23.7 Å². The third kappa shape index (κ3) is 3.56. The monoisotopic (exact) mass is 287 g/mol. The molecule has 0 radical (unpaired) electrons. The number of ether oxygens (including phenoxy) is 1. The Bertz CT molecular complexity index is 590. The van der Waals surface area contributed by atoms with Crippen molar-refractivity contribution in [3.05, 3.63) is 45.9 Å². The predicted molar refractivity (Wildman–Crippen MR) is 79.9 cm³/mol. The maximum absolute atomic E-state index is 9.06. The van der Waals surface area contributed by atoms with Crippen molar-refractivity contribution in [1.29, 1.82) is 5.26 Å². The molecule has 20 heavy (non-hydrogen) atoms. The van der Waals surface area contributed by atoms with E-state index < -0.39 is 0 Å². The molecule has 1 heterocycles. The average Bonchev–Trinajstić information content (AvgIpc) is 3.01. The van der Waals surface area contributed by atoms with Crippen molar-refractivity contribution in [1.82, 2.24) is 10.3 Å². The molecule has 2 rings (SSSR count). The van der Waals surface area contributed by atoms with Crippen molar-refractivity contribution in [2.45, 2.75) is 19.4 Å².